The standard InChI is InChI=1S/C22H26N2O4/c1-3-23(4-2)21(27)18-10-12-19(13-11-18)22(28)24(16-20(25)26)15-14-17-8-6-5-7-9-17/h5-13H,3-4,14-16H2,1-2H3,(H,25,26). The molecule has 2 amide bonds. The van der Waals surface area contributed by atoms with Crippen LogP contribution in [0.15, 0.2) is 54.6 Å². The predicted molar refractivity (Wildman–Crippen MR) is 107 cm³/mol. The molecule has 0 spiro atoms. The third-order valence-electron chi connectivity index (χ3n) is 4.56. The molecular weight excluding hydrogens is 356 g/mol. The van der Waals surface area contributed by atoms with E-state index in [1.807, 2.05) is 44.2 Å². The molecule has 6 heteroatoms. The third kappa shape index (κ3) is 5.67. The Bertz CT molecular complexity index is 799. The van der Waals surface area contributed by atoms with Gasteiger partial charge in [-0.05, 0) is 50.1 Å². The van der Waals surface area contributed by atoms with Crippen molar-refractivity contribution in [3.8, 4) is 0 Å². The number of nitrogens with zero attached hydrogens (tertiary/aromatic N) is 2. The smallest absolute Gasteiger partial charge is 0.323 e. The van der Waals surface area contributed by atoms with E-state index in [9.17, 15) is 14.4 Å². The highest BCUT2D eigenvalue weighted by atomic mass is 16.4. The van der Waals surface area contributed by atoms with Crippen molar-refractivity contribution in [1.82, 2.24) is 9.80 Å². The minimum absolute atomic E-state index is 0.0875. The van der Waals surface area contributed by atoms with Crippen molar-refractivity contribution < 1.29 is 19.5 Å². The number of benzene rings is 2. The van der Waals surface area contributed by atoms with Crippen molar-refractivity contribution in [2.45, 2.75) is 20.3 Å². The van der Waals surface area contributed by atoms with Crippen molar-refractivity contribution in [3.05, 3.63) is 71.3 Å². The molecule has 0 saturated heterocycles. The first-order valence-corrected chi connectivity index (χ1v) is 9.40. The molecule has 2 aromatic rings. The van der Waals surface area contributed by atoms with Crippen molar-refractivity contribution in [3.63, 3.8) is 0 Å². The first-order chi connectivity index (χ1) is 13.5. The van der Waals surface area contributed by atoms with Crippen LogP contribution in [0.2, 0.25) is 0 Å². The summed E-state index contributed by atoms with van der Waals surface area (Å²) in [6, 6.07) is 16.0. The van der Waals surface area contributed by atoms with Gasteiger partial charge in [0.2, 0.25) is 0 Å². The summed E-state index contributed by atoms with van der Waals surface area (Å²) in [5.41, 5.74) is 1.91. The summed E-state index contributed by atoms with van der Waals surface area (Å²) in [5.74, 6) is -1.51. The fourth-order valence-electron chi connectivity index (χ4n) is 2.96. The Morgan fingerprint density at radius 2 is 1.29 bits per heavy atom. The van der Waals surface area contributed by atoms with Crippen molar-refractivity contribution >= 4 is 17.8 Å². The van der Waals surface area contributed by atoms with Crippen molar-refractivity contribution in [1.29, 1.82) is 0 Å². The summed E-state index contributed by atoms with van der Waals surface area (Å²) in [6.45, 7) is 4.98. The Morgan fingerprint density at radius 3 is 1.75 bits per heavy atom. The Labute approximate surface area is 165 Å². The lowest BCUT2D eigenvalue weighted by Gasteiger charge is -2.21. The maximum absolute atomic E-state index is 12.8. The molecule has 6 nitrogen and oxygen atoms in total. The SMILES string of the molecule is CCN(CC)C(=O)c1ccc(C(=O)N(CCc2ccccc2)CC(=O)O)cc1. The zero-order chi connectivity index (χ0) is 20.5. The van der Waals surface area contributed by atoms with E-state index in [0.29, 0.717) is 37.2 Å². The number of carboxylic acids is 1. The fourth-order valence-corrected chi connectivity index (χ4v) is 2.96. The van der Waals surface area contributed by atoms with Crippen LogP contribution in [0.3, 0.4) is 0 Å². The molecule has 0 aliphatic carbocycles. The van der Waals surface area contributed by atoms with E-state index in [2.05, 4.69) is 0 Å². The van der Waals surface area contributed by atoms with Gasteiger partial charge in [0.05, 0.1) is 0 Å². The van der Waals surface area contributed by atoms with E-state index in [4.69, 9.17) is 5.11 Å². The highest BCUT2D eigenvalue weighted by Crippen LogP contribution is 2.11. The topological polar surface area (TPSA) is 77.9 Å². The van der Waals surface area contributed by atoms with Crippen LogP contribution in [0.5, 0.6) is 0 Å². The number of carbonyl (C=O) groups excluding carboxylic acids is 2. The number of aliphatic carboxylic acids is 1. The van der Waals surface area contributed by atoms with Gasteiger partial charge in [-0.3, -0.25) is 14.4 Å². The van der Waals surface area contributed by atoms with Crippen LogP contribution in [0, 0.1) is 0 Å². The molecule has 0 unspecified atom stereocenters. The monoisotopic (exact) mass is 382 g/mol. The summed E-state index contributed by atoms with van der Waals surface area (Å²) in [6.07, 6.45) is 0.568. The third-order valence-corrected chi connectivity index (χ3v) is 4.56. The molecule has 0 aromatic heterocycles. The van der Waals surface area contributed by atoms with E-state index < -0.39 is 5.97 Å². The summed E-state index contributed by atoms with van der Waals surface area (Å²) in [7, 11) is 0. The molecule has 2 aromatic carbocycles. The predicted octanol–water partition coefficient (Wildman–Crippen LogP) is 2.94. The summed E-state index contributed by atoms with van der Waals surface area (Å²) in [4.78, 5) is 39.4. The molecule has 0 fully saturated rings. The zero-order valence-corrected chi connectivity index (χ0v) is 16.3. The first kappa shape index (κ1) is 21.2. The van der Waals surface area contributed by atoms with Gasteiger partial charge in [0, 0.05) is 30.8 Å². The number of hydrogen-bond acceptors (Lipinski definition) is 3. The Morgan fingerprint density at radius 1 is 0.786 bits per heavy atom. The fraction of sp³-hybridized carbons (Fsp3) is 0.318. The molecule has 0 atom stereocenters. The van der Waals surface area contributed by atoms with Gasteiger partial charge in [-0.1, -0.05) is 30.3 Å². The Kier molecular flexibility index (Phi) is 7.75. The minimum atomic E-state index is -1.06. The normalized spacial score (nSPS) is 10.4. The van der Waals surface area contributed by atoms with Gasteiger partial charge in [0.15, 0.2) is 0 Å². The van der Waals surface area contributed by atoms with Crippen molar-refractivity contribution in [2.24, 2.45) is 0 Å². The molecule has 0 heterocycles. The van der Waals surface area contributed by atoms with E-state index in [-0.39, 0.29) is 18.4 Å². The number of carbonyl (C=O) groups is 3. The number of rotatable bonds is 9. The molecule has 2 rings (SSSR count). The minimum Gasteiger partial charge on any atom is -0.480 e. The molecule has 28 heavy (non-hydrogen) atoms. The first-order valence-electron chi connectivity index (χ1n) is 9.40. The second kappa shape index (κ2) is 10.3. The quantitative estimate of drug-likeness (QED) is 0.723. The van der Waals surface area contributed by atoms with Crippen LogP contribution in [0.4, 0.5) is 0 Å². The second-order valence-corrected chi connectivity index (χ2v) is 6.41. The van der Waals surface area contributed by atoms with E-state index in [1.54, 1.807) is 29.2 Å². The zero-order valence-electron chi connectivity index (χ0n) is 16.3. The molecule has 0 aliphatic heterocycles. The molecule has 0 bridgehead atoms. The van der Waals surface area contributed by atoms with E-state index >= 15 is 0 Å². The van der Waals surface area contributed by atoms with Gasteiger partial charge in [0.1, 0.15) is 6.54 Å². The van der Waals surface area contributed by atoms with Gasteiger partial charge in [-0.25, -0.2) is 0 Å². The summed E-state index contributed by atoms with van der Waals surface area (Å²) >= 11 is 0. The Balaban J connectivity index is 2.12. The maximum atomic E-state index is 12.8. The van der Waals surface area contributed by atoms with Crippen LogP contribution in [0.1, 0.15) is 40.1 Å². The Hall–Kier alpha value is -3.15. The van der Waals surface area contributed by atoms with Crippen LogP contribution < -0.4 is 0 Å². The highest BCUT2D eigenvalue weighted by Gasteiger charge is 2.19. The van der Waals surface area contributed by atoms with Gasteiger partial charge in [-0.15, -0.1) is 0 Å². The lowest BCUT2D eigenvalue weighted by Crippen LogP contribution is -2.37. The maximum Gasteiger partial charge on any atom is 0.323 e. The second-order valence-electron chi connectivity index (χ2n) is 6.41. The molecular formula is C22H26N2O4. The highest BCUT2D eigenvalue weighted by molar-refractivity contribution is 5.98. The van der Waals surface area contributed by atoms with Gasteiger partial charge in [0.25, 0.3) is 11.8 Å². The van der Waals surface area contributed by atoms with Crippen molar-refractivity contribution in [2.75, 3.05) is 26.2 Å². The van der Waals surface area contributed by atoms with E-state index in [0.717, 1.165) is 5.56 Å². The largest absolute Gasteiger partial charge is 0.480 e. The molecule has 1 N–H and O–H groups in total. The van der Waals surface area contributed by atoms with Crippen LogP contribution >= 0.6 is 0 Å². The summed E-state index contributed by atoms with van der Waals surface area (Å²) in [5, 5.41) is 9.17. The number of hydrogen-bond donors (Lipinski definition) is 1. The van der Waals surface area contributed by atoms with Crippen LogP contribution in [-0.4, -0.2) is 58.9 Å². The van der Waals surface area contributed by atoms with Crippen LogP contribution in [0.25, 0.3) is 0 Å². The van der Waals surface area contributed by atoms with Gasteiger partial charge in [-0.2, -0.15) is 0 Å². The molecule has 0 saturated carbocycles. The lowest BCUT2D eigenvalue weighted by molar-refractivity contribution is -0.137. The van der Waals surface area contributed by atoms with E-state index in [1.165, 1.54) is 4.90 Å². The molecule has 0 radical (unpaired) electrons. The molecule has 0 aliphatic rings. The lowest BCUT2D eigenvalue weighted by atomic mass is 10.1. The number of amides is 2. The van der Waals surface area contributed by atoms with Crippen LogP contribution in [-0.2, 0) is 11.2 Å². The average Bonchev–Trinajstić information content (AvgIpc) is 2.72. The number of carboxylic acid groups (broad SMARTS) is 1. The molecule has 148 valence electrons. The van der Waals surface area contributed by atoms with Gasteiger partial charge >= 0.3 is 5.97 Å². The summed E-state index contributed by atoms with van der Waals surface area (Å²) < 4.78 is 0. The average molecular weight is 382 g/mol. The van der Waals surface area contributed by atoms with Gasteiger partial charge < -0.3 is 14.9 Å².